The van der Waals surface area contributed by atoms with Gasteiger partial charge in [-0.05, 0) is 23.8 Å². The summed E-state index contributed by atoms with van der Waals surface area (Å²) in [7, 11) is 0.958. The predicted octanol–water partition coefficient (Wildman–Crippen LogP) is 3.23. The molecule has 2 heteroatoms. The molecule has 0 amide bonds. The van der Waals surface area contributed by atoms with Crippen LogP contribution in [0.2, 0.25) is 0 Å². The van der Waals surface area contributed by atoms with E-state index in [0.29, 0.717) is 5.25 Å². The zero-order valence-electron chi connectivity index (χ0n) is 8.32. The highest BCUT2D eigenvalue weighted by Crippen LogP contribution is 2.35. The predicted molar refractivity (Wildman–Crippen MR) is 69.4 cm³/mol. The Kier molecular flexibility index (Phi) is 3.89. The van der Waals surface area contributed by atoms with Crippen LogP contribution in [0.4, 0.5) is 0 Å². The maximum Gasteiger partial charge on any atom is 0.00849 e. The standard InChI is InChI=1S/C12H17PS/c14-12-9-5-4-8-11(12)13-10-6-2-1-3-7-10/h1-3,6-7,11-14H,4-5,8-9H2. The van der Waals surface area contributed by atoms with Gasteiger partial charge in [-0.15, -0.1) is 0 Å². The van der Waals surface area contributed by atoms with Crippen LogP contribution in [0.3, 0.4) is 0 Å². The van der Waals surface area contributed by atoms with Gasteiger partial charge in [-0.2, -0.15) is 12.6 Å². The van der Waals surface area contributed by atoms with Gasteiger partial charge in [0, 0.05) is 5.25 Å². The van der Waals surface area contributed by atoms with Gasteiger partial charge in [0.15, 0.2) is 0 Å². The monoisotopic (exact) mass is 224 g/mol. The SMILES string of the molecule is SC1CCCCC1Pc1ccccc1. The second kappa shape index (κ2) is 5.19. The van der Waals surface area contributed by atoms with Gasteiger partial charge < -0.3 is 0 Å². The van der Waals surface area contributed by atoms with Crippen molar-refractivity contribution in [2.24, 2.45) is 0 Å². The Hall–Kier alpha value is 0. The van der Waals surface area contributed by atoms with Crippen molar-refractivity contribution in [1.29, 1.82) is 0 Å². The van der Waals surface area contributed by atoms with E-state index in [4.69, 9.17) is 12.6 Å². The van der Waals surface area contributed by atoms with E-state index in [1.165, 1.54) is 31.0 Å². The van der Waals surface area contributed by atoms with Crippen LogP contribution in [0.25, 0.3) is 0 Å². The molecule has 0 N–H and O–H groups in total. The normalized spacial score (nSPS) is 28.4. The number of rotatable bonds is 2. The van der Waals surface area contributed by atoms with E-state index in [9.17, 15) is 0 Å². The average Bonchev–Trinajstić information content (AvgIpc) is 2.23. The highest BCUT2D eigenvalue weighted by molar-refractivity contribution is 7.81. The average molecular weight is 224 g/mol. The molecule has 0 bridgehead atoms. The quantitative estimate of drug-likeness (QED) is 0.578. The lowest BCUT2D eigenvalue weighted by Crippen LogP contribution is -2.23. The van der Waals surface area contributed by atoms with Gasteiger partial charge in [-0.25, -0.2) is 0 Å². The molecule has 1 aliphatic rings. The molecule has 0 nitrogen and oxygen atoms in total. The van der Waals surface area contributed by atoms with Gasteiger partial charge in [0.2, 0.25) is 0 Å². The third kappa shape index (κ3) is 2.74. The van der Waals surface area contributed by atoms with Crippen LogP contribution in [0.5, 0.6) is 0 Å². The van der Waals surface area contributed by atoms with Crippen LogP contribution in [0.1, 0.15) is 25.7 Å². The highest BCUT2D eigenvalue weighted by atomic mass is 32.1. The van der Waals surface area contributed by atoms with Crippen LogP contribution < -0.4 is 5.30 Å². The van der Waals surface area contributed by atoms with Crippen LogP contribution in [-0.4, -0.2) is 10.9 Å². The van der Waals surface area contributed by atoms with Gasteiger partial charge >= 0.3 is 0 Å². The molecule has 0 saturated heterocycles. The molecule has 0 radical (unpaired) electrons. The van der Waals surface area contributed by atoms with Crippen molar-refractivity contribution >= 4 is 26.5 Å². The molecule has 3 atom stereocenters. The van der Waals surface area contributed by atoms with Crippen molar-refractivity contribution in [2.45, 2.75) is 36.6 Å². The van der Waals surface area contributed by atoms with Crippen LogP contribution in [-0.2, 0) is 0 Å². The third-order valence-electron chi connectivity index (χ3n) is 2.86. The first-order valence-electron chi connectivity index (χ1n) is 5.36. The first-order chi connectivity index (χ1) is 6.86. The molecular weight excluding hydrogens is 207 g/mol. The van der Waals surface area contributed by atoms with E-state index in [2.05, 4.69) is 30.3 Å². The number of hydrogen-bond acceptors (Lipinski definition) is 1. The molecule has 14 heavy (non-hydrogen) atoms. The van der Waals surface area contributed by atoms with Gasteiger partial charge in [-0.3, -0.25) is 0 Å². The lowest BCUT2D eigenvalue weighted by molar-refractivity contribution is 0.528. The molecule has 1 aromatic carbocycles. The first kappa shape index (κ1) is 10.5. The molecule has 0 aliphatic heterocycles. The summed E-state index contributed by atoms with van der Waals surface area (Å²) in [4.78, 5) is 0. The number of thiol groups is 1. The zero-order valence-corrected chi connectivity index (χ0v) is 10.2. The second-order valence-corrected chi connectivity index (χ2v) is 6.24. The molecule has 1 fully saturated rings. The van der Waals surface area contributed by atoms with Crippen molar-refractivity contribution < 1.29 is 0 Å². The van der Waals surface area contributed by atoms with E-state index in [0.717, 1.165) is 14.2 Å². The summed E-state index contributed by atoms with van der Waals surface area (Å²) in [5.41, 5.74) is 0.828. The summed E-state index contributed by atoms with van der Waals surface area (Å²) in [6.45, 7) is 0. The summed E-state index contributed by atoms with van der Waals surface area (Å²) >= 11 is 4.69. The van der Waals surface area contributed by atoms with E-state index in [1.807, 2.05) is 0 Å². The molecule has 1 aliphatic carbocycles. The third-order valence-corrected chi connectivity index (χ3v) is 5.48. The Morgan fingerprint density at radius 1 is 1.07 bits per heavy atom. The van der Waals surface area contributed by atoms with E-state index < -0.39 is 0 Å². The lowest BCUT2D eigenvalue weighted by atomic mass is 10.00. The lowest BCUT2D eigenvalue weighted by Gasteiger charge is -2.27. The van der Waals surface area contributed by atoms with Crippen molar-refractivity contribution in [3.05, 3.63) is 30.3 Å². The summed E-state index contributed by atoms with van der Waals surface area (Å²) in [5, 5.41) is 2.14. The minimum atomic E-state index is 0.641. The molecule has 0 spiro atoms. The second-order valence-electron chi connectivity index (χ2n) is 3.97. The van der Waals surface area contributed by atoms with Gasteiger partial charge in [0.25, 0.3) is 0 Å². The minimum absolute atomic E-state index is 0.641. The molecule has 1 aromatic rings. The van der Waals surface area contributed by atoms with Crippen LogP contribution in [0, 0.1) is 0 Å². The number of benzene rings is 1. The van der Waals surface area contributed by atoms with Crippen molar-refractivity contribution in [3.8, 4) is 0 Å². The summed E-state index contributed by atoms with van der Waals surface area (Å²) < 4.78 is 0. The maximum absolute atomic E-state index is 4.69. The van der Waals surface area contributed by atoms with Gasteiger partial charge in [0.1, 0.15) is 0 Å². The Balaban J connectivity index is 1.96. The first-order valence-corrected chi connectivity index (χ1v) is 6.95. The summed E-state index contributed by atoms with van der Waals surface area (Å²) in [5.74, 6) is 0. The number of hydrogen-bond donors (Lipinski definition) is 1. The van der Waals surface area contributed by atoms with Crippen molar-refractivity contribution in [3.63, 3.8) is 0 Å². The Morgan fingerprint density at radius 3 is 2.50 bits per heavy atom. The highest BCUT2D eigenvalue weighted by Gasteiger charge is 2.21. The summed E-state index contributed by atoms with van der Waals surface area (Å²) in [6, 6.07) is 10.9. The molecule has 76 valence electrons. The van der Waals surface area contributed by atoms with Crippen LogP contribution >= 0.6 is 21.2 Å². The topological polar surface area (TPSA) is 0 Å². The van der Waals surface area contributed by atoms with E-state index in [-0.39, 0.29) is 0 Å². The van der Waals surface area contributed by atoms with Crippen molar-refractivity contribution in [1.82, 2.24) is 0 Å². The molecule has 3 unspecified atom stereocenters. The molecule has 2 rings (SSSR count). The minimum Gasteiger partial charge on any atom is -0.175 e. The smallest absolute Gasteiger partial charge is 0.00849 e. The van der Waals surface area contributed by atoms with Gasteiger partial charge in [-0.1, -0.05) is 51.8 Å². The fourth-order valence-electron chi connectivity index (χ4n) is 2.03. The molecule has 0 aromatic heterocycles. The van der Waals surface area contributed by atoms with Crippen LogP contribution in [0.15, 0.2) is 30.3 Å². The molecular formula is C12H17PS. The van der Waals surface area contributed by atoms with Gasteiger partial charge in [0.05, 0.1) is 0 Å². The van der Waals surface area contributed by atoms with Crippen molar-refractivity contribution in [2.75, 3.05) is 0 Å². The zero-order chi connectivity index (χ0) is 9.80. The van der Waals surface area contributed by atoms with E-state index in [1.54, 1.807) is 0 Å². The molecule has 1 saturated carbocycles. The fraction of sp³-hybridized carbons (Fsp3) is 0.500. The largest absolute Gasteiger partial charge is 0.175 e. The fourth-order valence-corrected chi connectivity index (χ4v) is 4.10. The maximum atomic E-state index is 4.69. The Labute approximate surface area is 93.7 Å². The Bertz CT molecular complexity index is 273. The summed E-state index contributed by atoms with van der Waals surface area (Å²) in [6.07, 6.45) is 5.47. The van der Waals surface area contributed by atoms with E-state index >= 15 is 0 Å². The Morgan fingerprint density at radius 2 is 1.79 bits per heavy atom. The molecule has 0 heterocycles.